The van der Waals surface area contributed by atoms with Crippen molar-refractivity contribution in [1.82, 2.24) is 9.97 Å². The summed E-state index contributed by atoms with van der Waals surface area (Å²) in [4.78, 5) is 21.4. The van der Waals surface area contributed by atoms with Crippen molar-refractivity contribution in [3.8, 4) is 0 Å². The molecule has 0 unspecified atom stereocenters. The van der Waals surface area contributed by atoms with Gasteiger partial charge in [-0.25, -0.2) is 9.78 Å². The largest absolute Gasteiger partial charge is 0.452 e. The molecule has 124 valence electrons. The van der Waals surface area contributed by atoms with E-state index in [0.29, 0.717) is 17.0 Å². The molecule has 4 aromatic rings. The third-order valence-electron chi connectivity index (χ3n) is 3.98. The number of carbonyl (C=O) groups excluding carboxylic acids is 1. The molecule has 0 bridgehead atoms. The Balaban J connectivity index is 1.62. The number of fused-ring (bicyclic) bond motifs is 2. The first kappa shape index (κ1) is 15.3. The molecule has 2 aromatic heterocycles. The van der Waals surface area contributed by atoms with Crippen LogP contribution in [0.4, 0.5) is 0 Å². The predicted octanol–water partition coefficient (Wildman–Crippen LogP) is 4.35. The van der Waals surface area contributed by atoms with E-state index in [4.69, 9.17) is 9.15 Å². The fourth-order valence-corrected chi connectivity index (χ4v) is 2.83. The molecule has 0 amide bonds. The Morgan fingerprint density at radius 3 is 2.72 bits per heavy atom. The van der Waals surface area contributed by atoms with E-state index in [-0.39, 0.29) is 6.61 Å². The van der Waals surface area contributed by atoms with Crippen LogP contribution in [0.25, 0.3) is 22.0 Å². The molecule has 4 rings (SSSR count). The molecule has 0 saturated heterocycles. The fourth-order valence-electron chi connectivity index (χ4n) is 2.83. The summed E-state index contributed by atoms with van der Waals surface area (Å²) in [6.45, 7) is 3.83. The molecule has 25 heavy (non-hydrogen) atoms. The number of ether oxygens (including phenoxy) is 1. The molecule has 0 atom stereocenters. The Bertz CT molecular complexity index is 1070. The SMILES string of the molecule is Cc1ccc2nc(C)cc(C(=O)OCc3nc4ccccc4o3)c2c1. The Hall–Kier alpha value is -3.21. The third kappa shape index (κ3) is 2.96. The summed E-state index contributed by atoms with van der Waals surface area (Å²) in [5, 5.41) is 0.785. The summed E-state index contributed by atoms with van der Waals surface area (Å²) in [7, 11) is 0. The maximum Gasteiger partial charge on any atom is 0.339 e. The lowest BCUT2D eigenvalue weighted by Crippen LogP contribution is -2.07. The summed E-state index contributed by atoms with van der Waals surface area (Å²) in [5.41, 5.74) is 4.53. The van der Waals surface area contributed by atoms with Gasteiger partial charge in [0.05, 0.1) is 11.1 Å². The van der Waals surface area contributed by atoms with Crippen LogP contribution >= 0.6 is 0 Å². The van der Waals surface area contributed by atoms with E-state index in [2.05, 4.69) is 9.97 Å². The molecule has 5 nitrogen and oxygen atoms in total. The first-order valence-electron chi connectivity index (χ1n) is 8.00. The fraction of sp³-hybridized carbons (Fsp3) is 0.150. The number of benzene rings is 2. The van der Waals surface area contributed by atoms with E-state index in [0.717, 1.165) is 27.7 Å². The topological polar surface area (TPSA) is 65.2 Å². The maximum atomic E-state index is 12.6. The smallest absolute Gasteiger partial charge is 0.339 e. The molecule has 0 N–H and O–H groups in total. The van der Waals surface area contributed by atoms with Crippen LogP contribution in [-0.4, -0.2) is 15.9 Å². The van der Waals surface area contributed by atoms with Crippen LogP contribution in [0, 0.1) is 13.8 Å². The zero-order valence-electron chi connectivity index (χ0n) is 13.9. The van der Waals surface area contributed by atoms with Gasteiger partial charge >= 0.3 is 5.97 Å². The Labute approximate surface area is 144 Å². The van der Waals surface area contributed by atoms with Crippen LogP contribution in [0.15, 0.2) is 52.9 Å². The summed E-state index contributed by atoms with van der Waals surface area (Å²) >= 11 is 0. The molecule has 0 aliphatic heterocycles. The van der Waals surface area contributed by atoms with Crippen LogP contribution in [0.5, 0.6) is 0 Å². The van der Waals surface area contributed by atoms with E-state index < -0.39 is 5.97 Å². The summed E-state index contributed by atoms with van der Waals surface area (Å²) < 4.78 is 11.0. The maximum absolute atomic E-state index is 12.6. The number of oxazole rings is 1. The number of nitrogens with zero attached hydrogens (tertiary/aromatic N) is 2. The second-order valence-corrected chi connectivity index (χ2v) is 5.98. The Morgan fingerprint density at radius 1 is 1.04 bits per heavy atom. The van der Waals surface area contributed by atoms with Gasteiger partial charge in [0, 0.05) is 11.1 Å². The minimum atomic E-state index is -0.414. The van der Waals surface area contributed by atoms with E-state index >= 15 is 0 Å². The number of pyridine rings is 1. The van der Waals surface area contributed by atoms with Gasteiger partial charge in [-0.05, 0) is 44.2 Å². The third-order valence-corrected chi connectivity index (χ3v) is 3.98. The lowest BCUT2D eigenvalue weighted by atomic mass is 10.1. The lowest BCUT2D eigenvalue weighted by Gasteiger charge is -2.08. The van der Waals surface area contributed by atoms with Gasteiger partial charge in [-0.2, -0.15) is 0 Å². The molecular formula is C20H16N2O3. The molecule has 2 heterocycles. The number of aryl methyl sites for hydroxylation is 2. The first-order valence-corrected chi connectivity index (χ1v) is 8.00. The van der Waals surface area contributed by atoms with Crippen molar-refractivity contribution < 1.29 is 13.9 Å². The quantitative estimate of drug-likeness (QED) is 0.522. The van der Waals surface area contributed by atoms with Gasteiger partial charge in [0.15, 0.2) is 12.2 Å². The first-order chi connectivity index (χ1) is 12.1. The number of hydrogen-bond donors (Lipinski definition) is 0. The molecular weight excluding hydrogens is 316 g/mol. The monoisotopic (exact) mass is 332 g/mol. The minimum Gasteiger partial charge on any atom is -0.452 e. The molecule has 5 heteroatoms. The number of rotatable bonds is 3. The highest BCUT2D eigenvalue weighted by Gasteiger charge is 2.15. The lowest BCUT2D eigenvalue weighted by molar-refractivity contribution is 0.0442. The second kappa shape index (κ2) is 6.02. The van der Waals surface area contributed by atoms with E-state index in [1.165, 1.54) is 0 Å². The number of esters is 1. The molecule has 0 fully saturated rings. The van der Waals surface area contributed by atoms with Crippen LogP contribution in [0.3, 0.4) is 0 Å². The van der Waals surface area contributed by atoms with E-state index in [1.807, 2.05) is 56.3 Å². The van der Waals surface area contributed by atoms with Gasteiger partial charge < -0.3 is 9.15 Å². The highest BCUT2D eigenvalue weighted by atomic mass is 16.5. The number of para-hydroxylation sites is 2. The van der Waals surface area contributed by atoms with Crippen molar-refractivity contribution in [2.45, 2.75) is 20.5 Å². The average Bonchev–Trinajstić information content (AvgIpc) is 3.02. The van der Waals surface area contributed by atoms with Crippen LogP contribution in [-0.2, 0) is 11.3 Å². The van der Waals surface area contributed by atoms with Crippen molar-refractivity contribution in [2.75, 3.05) is 0 Å². The number of hydrogen-bond acceptors (Lipinski definition) is 5. The van der Waals surface area contributed by atoms with E-state index in [1.54, 1.807) is 6.07 Å². The normalized spacial score (nSPS) is 11.1. The number of carbonyl (C=O) groups is 1. The van der Waals surface area contributed by atoms with Gasteiger partial charge in [-0.3, -0.25) is 4.98 Å². The van der Waals surface area contributed by atoms with Gasteiger partial charge in [0.1, 0.15) is 5.52 Å². The van der Waals surface area contributed by atoms with Crippen molar-refractivity contribution in [3.05, 3.63) is 71.2 Å². The van der Waals surface area contributed by atoms with Crippen LogP contribution < -0.4 is 0 Å². The molecule has 0 saturated carbocycles. The van der Waals surface area contributed by atoms with Gasteiger partial charge in [-0.1, -0.05) is 23.8 Å². The zero-order valence-corrected chi connectivity index (χ0v) is 13.9. The van der Waals surface area contributed by atoms with Crippen molar-refractivity contribution in [1.29, 1.82) is 0 Å². The van der Waals surface area contributed by atoms with Crippen molar-refractivity contribution in [2.24, 2.45) is 0 Å². The second-order valence-electron chi connectivity index (χ2n) is 5.98. The molecule has 2 aromatic carbocycles. The summed E-state index contributed by atoms with van der Waals surface area (Å²) in [6, 6.07) is 15.0. The zero-order chi connectivity index (χ0) is 17.4. The molecule has 0 radical (unpaired) electrons. The van der Waals surface area contributed by atoms with Crippen molar-refractivity contribution >= 4 is 28.0 Å². The predicted molar refractivity (Wildman–Crippen MR) is 94.3 cm³/mol. The molecule has 0 aliphatic rings. The summed E-state index contributed by atoms with van der Waals surface area (Å²) in [6.07, 6.45) is 0. The molecule has 0 aliphatic carbocycles. The Kier molecular flexibility index (Phi) is 3.69. The van der Waals surface area contributed by atoms with Gasteiger partial charge in [0.2, 0.25) is 5.89 Å². The van der Waals surface area contributed by atoms with Gasteiger partial charge in [0.25, 0.3) is 0 Å². The average molecular weight is 332 g/mol. The van der Waals surface area contributed by atoms with Crippen molar-refractivity contribution in [3.63, 3.8) is 0 Å². The highest BCUT2D eigenvalue weighted by molar-refractivity contribution is 6.03. The minimum absolute atomic E-state index is 0.0117. The van der Waals surface area contributed by atoms with Crippen LogP contribution in [0.1, 0.15) is 27.5 Å². The number of aromatic nitrogens is 2. The van der Waals surface area contributed by atoms with Crippen LogP contribution in [0.2, 0.25) is 0 Å². The van der Waals surface area contributed by atoms with E-state index in [9.17, 15) is 4.79 Å². The van der Waals surface area contributed by atoms with Gasteiger partial charge in [-0.15, -0.1) is 0 Å². The standard InChI is InChI=1S/C20H16N2O3/c1-12-7-8-16-14(9-12)15(10-13(2)21-16)20(23)24-11-19-22-17-5-3-4-6-18(17)25-19/h3-10H,11H2,1-2H3. The Morgan fingerprint density at radius 2 is 1.88 bits per heavy atom. The summed E-state index contributed by atoms with van der Waals surface area (Å²) in [5.74, 6) is -0.0378. The highest BCUT2D eigenvalue weighted by Crippen LogP contribution is 2.22. The molecule has 0 spiro atoms.